The highest BCUT2D eigenvalue weighted by molar-refractivity contribution is 6.30. The summed E-state index contributed by atoms with van der Waals surface area (Å²) >= 11 is 5.83. The van der Waals surface area contributed by atoms with Gasteiger partial charge in [-0.1, -0.05) is 23.7 Å². The Morgan fingerprint density at radius 2 is 1.76 bits per heavy atom. The van der Waals surface area contributed by atoms with E-state index in [-0.39, 0.29) is 17.9 Å². The van der Waals surface area contributed by atoms with E-state index in [4.69, 9.17) is 11.6 Å². The highest BCUT2D eigenvalue weighted by atomic mass is 35.5. The number of benzene rings is 2. The number of nitrogens with one attached hydrogen (secondary N) is 2. The van der Waals surface area contributed by atoms with E-state index < -0.39 is 0 Å². The maximum Gasteiger partial charge on any atom is 0.251 e. The van der Waals surface area contributed by atoms with Gasteiger partial charge in [-0.3, -0.25) is 9.59 Å². The quantitative estimate of drug-likeness (QED) is 0.778. The molecular weight excluding hydrogens is 336 g/mol. The zero-order chi connectivity index (χ0) is 18.4. The molecule has 0 heterocycles. The van der Waals surface area contributed by atoms with Gasteiger partial charge in [-0.15, -0.1) is 0 Å². The topological polar surface area (TPSA) is 58.2 Å². The van der Waals surface area contributed by atoms with Crippen LogP contribution in [0, 0.1) is 6.92 Å². The molecule has 0 atom stereocenters. The zero-order valence-corrected chi connectivity index (χ0v) is 15.2. The molecule has 25 heavy (non-hydrogen) atoms. The summed E-state index contributed by atoms with van der Waals surface area (Å²) in [7, 11) is 0. The van der Waals surface area contributed by atoms with Crippen molar-refractivity contribution in [3.8, 4) is 0 Å². The molecule has 5 heteroatoms. The van der Waals surface area contributed by atoms with Gasteiger partial charge in [0.2, 0.25) is 5.91 Å². The fourth-order valence-electron chi connectivity index (χ4n) is 2.27. The summed E-state index contributed by atoms with van der Waals surface area (Å²) in [6, 6.07) is 12.5. The smallest absolute Gasteiger partial charge is 0.251 e. The number of hydrogen-bond acceptors (Lipinski definition) is 2. The van der Waals surface area contributed by atoms with Crippen molar-refractivity contribution in [3.05, 3.63) is 70.3 Å². The molecule has 2 amide bonds. The van der Waals surface area contributed by atoms with Crippen LogP contribution in [0.25, 0.3) is 6.08 Å². The van der Waals surface area contributed by atoms with Crippen LogP contribution < -0.4 is 10.6 Å². The number of aryl methyl sites for hydroxylation is 1. The number of amides is 2. The molecule has 130 valence electrons. The summed E-state index contributed by atoms with van der Waals surface area (Å²) in [5.74, 6) is -0.359. The lowest BCUT2D eigenvalue weighted by atomic mass is 10.1. The van der Waals surface area contributed by atoms with Crippen molar-refractivity contribution >= 4 is 35.2 Å². The Hall–Kier alpha value is -2.59. The largest absolute Gasteiger partial charge is 0.350 e. The van der Waals surface area contributed by atoms with E-state index in [1.807, 2.05) is 32.9 Å². The first kappa shape index (κ1) is 18.7. The van der Waals surface area contributed by atoms with Crippen LogP contribution in [0.3, 0.4) is 0 Å². The molecule has 0 saturated heterocycles. The molecule has 2 aromatic carbocycles. The van der Waals surface area contributed by atoms with E-state index in [1.165, 1.54) is 6.08 Å². The predicted octanol–water partition coefficient (Wildman–Crippen LogP) is 4.44. The van der Waals surface area contributed by atoms with Gasteiger partial charge in [0.1, 0.15) is 0 Å². The second-order valence-electron chi connectivity index (χ2n) is 6.03. The molecule has 0 bridgehead atoms. The molecule has 0 aliphatic rings. The standard InChI is InChI=1S/C20H21ClN2O2/c1-13(2)22-20(25)18-10-9-17(12-14(18)3)23-19(24)11-6-15-4-7-16(21)8-5-15/h4-13H,1-3H3,(H,22,25)(H,23,24). The number of halogens is 1. The third kappa shape index (κ3) is 5.76. The third-order valence-corrected chi connectivity index (χ3v) is 3.71. The Balaban J connectivity index is 2.02. The molecule has 0 radical (unpaired) electrons. The van der Waals surface area contributed by atoms with Crippen LogP contribution in [0.1, 0.15) is 35.3 Å². The lowest BCUT2D eigenvalue weighted by molar-refractivity contribution is -0.111. The average Bonchev–Trinajstić information content (AvgIpc) is 2.53. The highest BCUT2D eigenvalue weighted by Gasteiger charge is 2.10. The minimum atomic E-state index is -0.242. The summed E-state index contributed by atoms with van der Waals surface area (Å²) in [5.41, 5.74) is 2.93. The third-order valence-electron chi connectivity index (χ3n) is 3.46. The Morgan fingerprint density at radius 3 is 2.36 bits per heavy atom. The van der Waals surface area contributed by atoms with Crippen molar-refractivity contribution in [1.82, 2.24) is 5.32 Å². The SMILES string of the molecule is Cc1cc(NC(=O)C=Cc2ccc(Cl)cc2)ccc1C(=O)NC(C)C. The van der Waals surface area contributed by atoms with E-state index >= 15 is 0 Å². The maximum absolute atomic E-state index is 12.1. The normalized spacial score (nSPS) is 10.9. The van der Waals surface area contributed by atoms with Crippen molar-refractivity contribution in [1.29, 1.82) is 0 Å². The lowest BCUT2D eigenvalue weighted by Gasteiger charge is -2.11. The summed E-state index contributed by atoms with van der Waals surface area (Å²) in [5, 5.41) is 6.29. The average molecular weight is 357 g/mol. The van der Waals surface area contributed by atoms with Gasteiger partial charge in [-0.05, 0) is 68.3 Å². The first-order chi connectivity index (χ1) is 11.8. The van der Waals surface area contributed by atoms with Crippen LogP contribution in [0.5, 0.6) is 0 Å². The van der Waals surface area contributed by atoms with Crippen molar-refractivity contribution in [2.24, 2.45) is 0 Å². The van der Waals surface area contributed by atoms with Gasteiger partial charge in [-0.25, -0.2) is 0 Å². The van der Waals surface area contributed by atoms with Crippen molar-refractivity contribution in [2.75, 3.05) is 5.32 Å². The van der Waals surface area contributed by atoms with Gasteiger partial charge in [0, 0.05) is 28.4 Å². The summed E-state index contributed by atoms with van der Waals surface area (Å²) in [4.78, 5) is 24.1. The van der Waals surface area contributed by atoms with Gasteiger partial charge in [0.05, 0.1) is 0 Å². The van der Waals surface area contributed by atoms with E-state index in [1.54, 1.807) is 36.4 Å². The monoisotopic (exact) mass is 356 g/mol. The van der Waals surface area contributed by atoms with E-state index in [0.717, 1.165) is 11.1 Å². The van der Waals surface area contributed by atoms with Crippen molar-refractivity contribution in [2.45, 2.75) is 26.8 Å². The van der Waals surface area contributed by atoms with Crippen LogP contribution in [0.15, 0.2) is 48.5 Å². The molecule has 2 aromatic rings. The molecule has 2 rings (SSSR count). The Bertz CT molecular complexity index is 796. The number of rotatable bonds is 5. The first-order valence-corrected chi connectivity index (χ1v) is 8.39. The maximum atomic E-state index is 12.1. The van der Waals surface area contributed by atoms with Crippen molar-refractivity contribution in [3.63, 3.8) is 0 Å². The summed E-state index contributed by atoms with van der Waals surface area (Å²) < 4.78 is 0. The van der Waals surface area contributed by atoms with Crippen LogP contribution in [-0.4, -0.2) is 17.9 Å². The molecular formula is C20H21ClN2O2. The molecule has 0 fully saturated rings. The highest BCUT2D eigenvalue weighted by Crippen LogP contribution is 2.16. The van der Waals surface area contributed by atoms with Crippen molar-refractivity contribution < 1.29 is 9.59 Å². The first-order valence-electron chi connectivity index (χ1n) is 8.01. The minimum absolute atomic E-state index is 0.0734. The molecule has 0 spiro atoms. The van der Waals surface area contributed by atoms with E-state index in [9.17, 15) is 9.59 Å². The minimum Gasteiger partial charge on any atom is -0.350 e. The molecule has 0 unspecified atom stereocenters. The lowest BCUT2D eigenvalue weighted by Crippen LogP contribution is -2.30. The van der Waals surface area contributed by atoms with Crippen LogP contribution in [0.4, 0.5) is 5.69 Å². The number of anilines is 1. The fraction of sp³-hybridized carbons (Fsp3) is 0.200. The number of carbonyl (C=O) groups excluding carboxylic acids is 2. The molecule has 2 N–H and O–H groups in total. The number of hydrogen-bond donors (Lipinski definition) is 2. The van der Waals surface area contributed by atoms with Crippen LogP contribution >= 0.6 is 11.6 Å². The van der Waals surface area contributed by atoms with E-state index in [2.05, 4.69) is 10.6 Å². The Kier molecular flexibility index (Phi) is 6.37. The van der Waals surface area contributed by atoms with Gasteiger partial charge < -0.3 is 10.6 Å². The molecule has 0 aliphatic heterocycles. The Morgan fingerprint density at radius 1 is 1.08 bits per heavy atom. The van der Waals surface area contributed by atoms with Gasteiger partial charge in [0.25, 0.3) is 5.91 Å². The number of carbonyl (C=O) groups is 2. The summed E-state index contributed by atoms with van der Waals surface area (Å²) in [6.07, 6.45) is 3.17. The predicted molar refractivity (Wildman–Crippen MR) is 103 cm³/mol. The second kappa shape index (κ2) is 8.49. The molecule has 4 nitrogen and oxygen atoms in total. The molecule has 0 aliphatic carbocycles. The van der Waals surface area contributed by atoms with E-state index in [0.29, 0.717) is 16.3 Å². The van der Waals surface area contributed by atoms with Crippen LogP contribution in [0.2, 0.25) is 5.02 Å². The van der Waals surface area contributed by atoms with Gasteiger partial charge in [-0.2, -0.15) is 0 Å². The summed E-state index contributed by atoms with van der Waals surface area (Å²) in [6.45, 7) is 5.66. The fourth-order valence-corrected chi connectivity index (χ4v) is 2.39. The molecule has 0 aromatic heterocycles. The second-order valence-corrected chi connectivity index (χ2v) is 6.47. The Labute approximate surface area is 152 Å². The zero-order valence-electron chi connectivity index (χ0n) is 14.5. The van der Waals surface area contributed by atoms with Crippen LogP contribution in [-0.2, 0) is 4.79 Å². The molecule has 0 saturated carbocycles. The van der Waals surface area contributed by atoms with Gasteiger partial charge >= 0.3 is 0 Å². The van der Waals surface area contributed by atoms with Gasteiger partial charge in [0.15, 0.2) is 0 Å².